The Kier molecular flexibility index (Phi) is 7.67. The quantitative estimate of drug-likeness (QED) is 0.716. The number of anilines is 1. The number of carbonyl (C=O) groups excluding carboxylic acids is 1. The van der Waals surface area contributed by atoms with Crippen LogP contribution in [0.5, 0.6) is 0 Å². The first kappa shape index (κ1) is 21.3. The molecule has 5 nitrogen and oxygen atoms in total. The number of carbonyl (C=O) groups is 1. The largest absolute Gasteiger partial charge is 0.394 e. The van der Waals surface area contributed by atoms with Crippen molar-refractivity contribution < 1.29 is 9.90 Å². The Morgan fingerprint density at radius 2 is 1.79 bits per heavy atom. The van der Waals surface area contributed by atoms with Gasteiger partial charge in [-0.25, -0.2) is 4.79 Å². The molecule has 0 saturated carbocycles. The third kappa shape index (κ3) is 5.58. The number of benzene rings is 2. The predicted molar refractivity (Wildman–Crippen MR) is 118 cm³/mol. The SMILES string of the molecule is CC[C@@H]1CN(C(=O)Nc2ccccc2)[C@H](CO)[C@@H]1CN(C)CCc1ccccc1. The van der Waals surface area contributed by atoms with Crippen LogP contribution in [0.4, 0.5) is 10.5 Å². The van der Waals surface area contributed by atoms with Gasteiger partial charge in [-0.3, -0.25) is 0 Å². The zero-order valence-corrected chi connectivity index (χ0v) is 17.5. The van der Waals surface area contributed by atoms with Crippen molar-refractivity contribution in [1.82, 2.24) is 9.80 Å². The van der Waals surface area contributed by atoms with E-state index in [0.717, 1.165) is 31.6 Å². The first-order valence-corrected chi connectivity index (χ1v) is 10.6. The standard InChI is InChI=1S/C24H33N3O2/c1-3-20-16-27(24(29)25-21-12-8-5-9-13-21)23(18-28)22(20)17-26(2)15-14-19-10-6-4-7-11-19/h4-13,20,22-23,28H,3,14-18H2,1-2H3,(H,25,29)/t20-,22-,23-/m1/s1. The van der Waals surface area contributed by atoms with Crippen molar-refractivity contribution in [3.8, 4) is 0 Å². The maximum atomic E-state index is 12.9. The Morgan fingerprint density at radius 1 is 1.14 bits per heavy atom. The number of aliphatic hydroxyl groups is 1. The molecule has 156 valence electrons. The van der Waals surface area contributed by atoms with Crippen molar-refractivity contribution in [3.05, 3.63) is 66.2 Å². The minimum Gasteiger partial charge on any atom is -0.394 e. The van der Waals surface area contributed by atoms with Gasteiger partial charge in [-0.15, -0.1) is 0 Å². The number of likely N-dealkylation sites (tertiary alicyclic amines) is 1. The van der Waals surface area contributed by atoms with Gasteiger partial charge in [0.2, 0.25) is 0 Å². The van der Waals surface area contributed by atoms with E-state index < -0.39 is 0 Å². The van der Waals surface area contributed by atoms with E-state index in [0.29, 0.717) is 12.5 Å². The van der Waals surface area contributed by atoms with E-state index in [1.165, 1.54) is 5.56 Å². The molecule has 0 radical (unpaired) electrons. The second kappa shape index (κ2) is 10.4. The van der Waals surface area contributed by atoms with Crippen LogP contribution in [0.25, 0.3) is 0 Å². The first-order valence-electron chi connectivity index (χ1n) is 10.6. The van der Waals surface area contributed by atoms with Crippen LogP contribution >= 0.6 is 0 Å². The molecule has 3 atom stereocenters. The number of para-hydroxylation sites is 1. The third-order valence-corrected chi connectivity index (χ3v) is 6.08. The van der Waals surface area contributed by atoms with Crippen molar-refractivity contribution in [1.29, 1.82) is 0 Å². The second-order valence-corrected chi connectivity index (χ2v) is 8.03. The third-order valence-electron chi connectivity index (χ3n) is 6.08. The summed E-state index contributed by atoms with van der Waals surface area (Å²) in [6, 6.07) is 19.7. The van der Waals surface area contributed by atoms with Gasteiger partial charge >= 0.3 is 6.03 Å². The van der Waals surface area contributed by atoms with Gasteiger partial charge in [-0.1, -0.05) is 61.9 Å². The van der Waals surface area contributed by atoms with Crippen molar-refractivity contribution in [3.63, 3.8) is 0 Å². The first-order chi connectivity index (χ1) is 14.1. The summed E-state index contributed by atoms with van der Waals surface area (Å²) in [6.45, 7) is 4.71. The highest BCUT2D eigenvalue weighted by Gasteiger charge is 2.43. The van der Waals surface area contributed by atoms with Crippen molar-refractivity contribution in [2.24, 2.45) is 11.8 Å². The molecule has 2 N–H and O–H groups in total. The van der Waals surface area contributed by atoms with Crippen LogP contribution in [0, 0.1) is 11.8 Å². The van der Waals surface area contributed by atoms with Gasteiger partial charge in [0.25, 0.3) is 0 Å². The van der Waals surface area contributed by atoms with Crippen LogP contribution in [-0.4, -0.2) is 60.3 Å². The van der Waals surface area contributed by atoms with E-state index in [2.05, 4.69) is 48.5 Å². The van der Waals surface area contributed by atoms with E-state index in [4.69, 9.17) is 0 Å². The fourth-order valence-electron chi connectivity index (χ4n) is 4.37. The minimum atomic E-state index is -0.150. The molecule has 1 aliphatic rings. The average Bonchev–Trinajstić information content (AvgIpc) is 3.11. The van der Waals surface area contributed by atoms with Gasteiger partial charge < -0.3 is 20.2 Å². The molecular formula is C24H33N3O2. The van der Waals surface area contributed by atoms with Crippen LogP contribution < -0.4 is 5.32 Å². The molecule has 5 heteroatoms. The summed E-state index contributed by atoms with van der Waals surface area (Å²) in [5.74, 6) is 0.667. The molecule has 0 aromatic heterocycles. The summed E-state index contributed by atoms with van der Waals surface area (Å²) in [4.78, 5) is 17.0. The number of nitrogens with zero attached hydrogens (tertiary/aromatic N) is 2. The van der Waals surface area contributed by atoms with Crippen LogP contribution in [0.2, 0.25) is 0 Å². The summed E-state index contributed by atoms with van der Waals surface area (Å²) in [5, 5.41) is 13.1. The molecule has 3 rings (SSSR count). The normalized spacial score (nSPS) is 21.5. The maximum Gasteiger partial charge on any atom is 0.322 e. The molecule has 0 spiro atoms. The molecule has 2 aromatic carbocycles. The average molecular weight is 396 g/mol. The number of hydrogen-bond acceptors (Lipinski definition) is 3. The van der Waals surface area contributed by atoms with Gasteiger partial charge in [-0.05, 0) is 43.0 Å². The molecule has 2 aromatic rings. The van der Waals surface area contributed by atoms with E-state index in [9.17, 15) is 9.90 Å². The topological polar surface area (TPSA) is 55.8 Å². The number of nitrogens with one attached hydrogen (secondary N) is 1. The summed E-state index contributed by atoms with van der Waals surface area (Å²) in [7, 11) is 2.14. The zero-order valence-electron chi connectivity index (χ0n) is 17.5. The smallest absolute Gasteiger partial charge is 0.322 e. The lowest BCUT2D eigenvalue weighted by molar-refractivity contribution is 0.131. The van der Waals surface area contributed by atoms with E-state index in [-0.39, 0.29) is 24.6 Å². The molecule has 0 unspecified atom stereocenters. The van der Waals surface area contributed by atoms with Crippen LogP contribution in [0.1, 0.15) is 18.9 Å². The molecule has 29 heavy (non-hydrogen) atoms. The predicted octanol–water partition coefficient (Wildman–Crippen LogP) is 3.71. The Balaban J connectivity index is 1.61. The molecule has 0 bridgehead atoms. The fraction of sp³-hybridized carbons (Fsp3) is 0.458. The minimum absolute atomic E-state index is 0.00407. The Morgan fingerprint density at radius 3 is 2.41 bits per heavy atom. The van der Waals surface area contributed by atoms with Gasteiger partial charge in [0, 0.05) is 25.3 Å². The number of hydrogen-bond donors (Lipinski definition) is 2. The number of rotatable bonds is 8. The summed E-state index contributed by atoms with van der Waals surface area (Å²) in [6.07, 6.45) is 2.01. The van der Waals surface area contributed by atoms with Crippen molar-refractivity contribution in [2.45, 2.75) is 25.8 Å². The zero-order chi connectivity index (χ0) is 20.6. The van der Waals surface area contributed by atoms with Gasteiger partial charge in [0.05, 0.1) is 12.6 Å². The summed E-state index contributed by atoms with van der Waals surface area (Å²) < 4.78 is 0. The molecule has 1 saturated heterocycles. The maximum absolute atomic E-state index is 12.9. The Hall–Kier alpha value is -2.37. The lowest BCUT2D eigenvalue weighted by atomic mass is 9.88. The van der Waals surface area contributed by atoms with E-state index >= 15 is 0 Å². The number of likely N-dealkylation sites (N-methyl/N-ethyl adjacent to an activating group) is 1. The second-order valence-electron chi connectivity index (χ2n) is 8.03. The Labute approximate surface area is 174 Å². The number of urea groups is 1. The van der Waals surface area contributed by atoms with Crippen LogP contribution in [0.15, 0.2) is 60.7 Å². The molecule has 0 aliphatic carbocycles. The summed E-state index contributed by atoms with van der Waals surface area (Å²) in [5.41, 5.74) is 2.12. The van der Waals surface area contributed by atoms with Crippen LogP contribution in [0.3, 0.4) is 0 Å². The van der Waals surface area contributed by atoms with Crippen molar-refractivity contribution >= 4 is 11.7 Å². The lowest BCUT2D eigenvalue weighted by Crippen LogP contribution is -2.45. The molecule has 1 fully saturated rings. The van der Waals surface area contributed by atoms with E-state index in [1.807, 2.05) is 41.3 Å². The number of amides is 2. The molecular weight excluding hydrogens is 362 g/mol. The van der Waals surface area contributed by atoms with Gasteiger partial charge in [0.15, 0.2) is 0 Å². The number of aliphatic hydroxyl groups excluding tert-OH is 1. The molecule has 1 heterocycles. The Bertz CT molecular complexity index is 753. The molecule has 2 amide bonds. The van der Waals surface area contributed by atoms with Crippen molar-refractivity contribution in [2.75, 3.05) is 38.6 Å². The highest BCUT2D eigenvalue weighted by Crippen LogP contribution is 2.33. The fourth-order valence-corrected chi connectivity index (χ4v) is 4.37. The monoisotopic (exact) mass is 395 g/mol. The van der Waals surface area contributed by atoms with E-state index in [1.54, 1.807) is 0 Å². The summed E-state index contributed by atoms with van der Waals surface area (Å²) >= 11 is 0. The highest BCUT2D eigenvalue weighted by atomic mass is 16.3. The van der Waals surface area contributed by atoms with Gasteiger partial charge in [0.1, 0.15) is 0 Å². The lowest BCUT2D eigenvalue weighted by Gasteiger charge is -2.30. The van der Waals surface area contributed by atoms with Crippen LogP contribution in [-0.2, 0) is 6.42 Å². The van der Waals surface area contributed by atoms with Gasteiger partial charge in [-0.2, -0.15) is 0 Å². The molecule has 1 aliphatic heterocycles. The highest BCUT2D eigenvalue weighted by molar-refractivity contribution is 5.89.